The Balaban J connectivity index is 0.990. The summed E-state index contributed by atoms with van der Waals surface area (Å²) in [7, 11) is 0. The first-order valence-electron chi connectivity index (χ1n) is 20.4. The molecule has 11 rings (SSSR count). The van der Waals surface area contributed by atoms with Crippen molar-refractivity contribution in [2.24, 2.45) is 0 Å². The van der Waals surface area contributed by atoms with Crippen LogP contribution in [0.15, 0.2) is 206 Å². The van der Waals surface area contributed by atoms with E-state index in [9.17, 15) is 0 Å². The Morgan fingerprint density at radius 3 is 1.36 bits per heavy atom. The lowest BCUT2D eigenvalue weighted by Crippen LogP contribution is -2.14. The van der Waals surface area contributed by atoms with Gasteiger partial charge in [-0.15, -0.1) is 0 Å². The van der Waals surface area contributed by atoms with Crippen LogP contribution in [0.2, 0.25) is 0 Å². The number of fused-ring (bicyclic) bond motifs is 5. The highest BCUT2D eigenvalue weighted by molar-refractivity contribution is 6.00. The second kappa shape index (κ2) is 13.9. The highest BCUT2D eigenvalue weighted by Crippen LogP contribution is 2.53. The van der Waals surface area contributed by atoms with Gasteiger partial charge in [-0.2, -0.15) is 0 Å². The molecule has 0 saturated carbocycles. The van der Waals surface area contributed by atoms with Crippen LogP contribution in [-0.2, 0) is 5.41 Å². The molecule has 59 heavy (non-hydrogen) atoms. The summed E-state index contributed by atoms with van der Waals surface area (Å²) >= 11 is 0. The SMILES string of the molecule is CC1(C)c2cc3ccccc3cc2-c2c(-c3ccc4cc(-c5nc(-c6ccc(-c7ccccc7)cc6)cc(-c6ccc(-c7ccccc7)cc6)n5)ccc4c3)cccc21. The van der Waals surface area contributed by atoms with Gasteiger partial charge in [-0.25, -0.2) is 9.97 Å². The summed E-state index contributed by atoms with van der Waals surface area (Å²) in [6, 6.07) is 74.3. The molecule has 0 spiro atoms. The van der Waals surface area contributed by atoms with Crippen LogP contribution in [0, 0.1) is 0 Å². The number of hydrogen-bond acceptors (Lipinski definition) is 2. The summed E-state index contributed by atoms with van der Waals surface area (Å²) in [5.41, 5.74) is 17.5. The standard InChI is InChI=1S/C57H40N2/c1-57(2)51-19-11-18-49(55(51)50-34-43-16-9-10-17-44(43)35-52(50)57)47-30-28-46-33-48(31-29-45(46)32-47)56-58-53(41-24-20-39(21-25-41)37-12-5-3-6-13-37)36-54(59-56)42-26-22-40(23-27-42)38-14-7-4-8-15-38/h3-36H,1-2H3. The van der Waals surface area contributed by atoms with Crippen LogP contribution in [0.5, 0.6) is 0 Å². The normalized spacial score (nSPS) is 12.7. The van der Waals surface area contributed by atoms with Crippen molar-refractivity contribution in [2.75, 3.05) is 0 Å². The number of nitrogens with zero attached hydrogens (tertiary/aromatic N) is 2. The highest BCUT2D eigenvalue weighted by Gasteiger charge is 2.37. The van der Waals surface area contributed by atoms with Crippen molar-refractivity contribution in [3.63, 3.8) is 0 Å². The van der Waals surface area contributed by atoms with E-state index in [4.69, 9.17) is 9.97 Å². The number of aromatic nitrogens is 2. The molecule has 0 fully saturated rings. The van der Waals surface area contributed by atoms with Crippen molar-refractivity contribution >= 4 is 21.5 Å². The number of benzene rings is 9. The molecule has 9 aromatic carbocycles. The topological polar surface area (TPSA) is 25.8 Å². The molecule has 0 saturated heterocycles. The van der Waals surface area contributed by atoms with Crippen molar-refractivity contribution in [1.82, 2.24) is 9.97 Å². The van der Waals surface area contributed by atoms with Crippen LogP contribution < -0.4 is 0 Å². The van der Waals surface area contributed by atoms with Gasteiger partial charge in [0.15, 0.2) is 5.82 Å². The molecule has 0 amide bonds. The fourth-order valence-electron chi connectivity index (χ4n) is 9.07. The van der Waals surface area contributed by atoms with Crippen molar-refractivity contribution in [3.05, 3.63) is 217 Å². The minimum atomic E-state index is -0.0856. The summed E-state index contributed by atoms with van der Waals surface area (Å²) in [4.78, 5) is 10.4. The summed E-state index contributed by atoms with van der Waals surface area (Å²) in [6.07, 6.45) is 0. The van der Waals surface area contributed by atoms with Gasteiger partial charge >= 0.3 is 0 Å². The third-order valence-electron chi connectivity index (χ3n) is 12.3. The van der Waals surface area contributed by atoms with E-state index in [1.807, 2.05) is 0 Å². The van der Waals surface area contributed by atoms with E-state index in [0.717, 1.165) is 33.5 Å². The summed E-state index contributed by atoms with van der Waals surface area (Å²) in [5.74, 6) is 0.703. The molecule has 0 unspecified atom stereocenters. The van der Waals surface area contributed by atoms with Gasteiger partial charge in [0.05, 0.1) is 11.4 Å². The van der Waals surface area contributed by atoms with Gasteiger partial charge in [0.1, 0.15) is 0 Å². The van der Waals surface area contributed by atoms with E-state index in [1.54, 1.807) is 0 Å². The average molecular weight is 753 g/mol. The van der Waals surface area contributed by atoms with E-state index >= 15 is 0 Å². The lowest BCUT2D eigenvalue weighted by Gasteiger charge is -2.22. The number of rotatable bonds is 6. The van der Waals surface area contributed by atoms with Crippen LogP contribution in [0.4, 0.5) is 0 Å². The third-order valence-corrected chi connectivity index (χ3v) is 12.3. The van der Waals surface area contributed by atoms with Gasteiger partial charge in [-0.3, -0.25) is 0 Å². The Bertz CT molecular complexity index is 3100. The van der Waals surface area contributed by atoms with Gasteiger partial charge in [-0.1, -0.05) is 190 Å². The molecule has 0 aliphatic heterocycles. The fraction of sp³-hybridized carbons (Fsp3) is 0.0526. The molecule has 278 valence electrons. The summed E-state index contributed by atoms with van der Waals surface area (Å²) < 4.78 is 0. The molecule has 1 aliphatic carbocycles. The zero-order chi connectivity index (χ0) is 39.5. The van der Waals surface area contributed by atoms with Crippen LogP contribution >= 0.6 is 0 Å². The molecule has 0 radical (unpaired) electrons. The Labute approximate surface area is 345 Å². The molecule has 10 aromatic rings. The second-order valence-electron chi connectivity index (χ2n) is 16.2. The van der Waals surface area contributed by atoms with E-state index in [2.05, 4.69) is 220 Å². The van der Waals surface area contributed by atoms with Gasteiger partial charge < -0.3 is 0 Å². The first kappa shape index (κ1) is 34.8. The first-order chi connectivity index (χ1) is 29.0. The lowest BCUT2D eigenvalue weighted by atomic mass is 9.81. The minimum Gasteiger partial charge on any atom is -0.228 e. The summed E-state index contributed by atoms with van der Waals surface area (Å²) in [5, 5.41) is 4.90. The van der Waals surface area contributed by atoms with Gasteiger partial charge in [0.25, 0.3) is 0 Å². The largest absolute Gasteiger partial charge is 0.228 e. The lowest BCUT2D eigenvalue weighted by molar-refractivity contribution is 0.661. The van der Waals surface area contributed by atoms with Crippen molar-refractivity contribution < 1.29 is 0 Å². The van der Waals surface area contributed by atoms with Crippen molar-refractivity contribution in [3.8, 4) is 78.4 Å². The second-order valence-corrected chi connectivity index (χ2v) is 16.2. The molecule has 1 aromatic heterocycles. The molecule has 0 atom stereocenters. The Hall–Kier alpha value is -7.42. The quantitative estimate of drug-likeness (QED) is 0.169. The van der Waals surface area contributed by atoms with Crippen LogP contribution in [0.3, 0.4) is 0 Å². The maximum atomic E-state index is 5.22. The smallest absolute Gasteiger partial charge is 0.160 e. The van der Waals surface area contributed by atoms with Crippen LogP contribution in [0.1, 0.15) is 25.0 Å². The minimum absolute atomic E-state index is 0.0856. The molecule has 1 aliphatic rings. The first-order valence-corrected chi connectivity index (χ1v) is 20.4. The van der Waals surface area contributed by atoms with E-state index in [0.29, 0.717) is 5.82 Å². The molecular formula is C57H40N2. The maximum absolute atomic E-state index is 5.22. The maximum Gasteiger partial charge on any atom is 0.160 e. The van der Waals surface area contributed by atoms with Gasteiger partial charge in [0, 0.05) is 22.1 Å². The van der Waals surface area contributed by atoms with E-state index in [1.165, 1.54) is 71.8 Å². The third kappa shape index (κ3) is 6.13. The molecule has 2 heteroatoms. The van der Waals surface area contributed by atoms with Gasteiger partial charge in [-0.05, 0) is 108 Å². The zero-order valence-corrected chi connectivity index (χ0v) is 33.0. The fourth-order valence-corrected chi connectivity index (χ4v) is 9.07. The molecule has 0 bridgehead atoms. The zero-order valence-electron chi connectivity index (χ0n) is 33.0. The van der Waals surface area contributed by atoms with E-state index < -0.39 is 0 Å². The monoisotopic (exact) mass is 752 g/mol. The van der Waals surface area contributed by atoms with Crippen LogP contribution in [-0.4, -0.2) is 9.97 Å². The molecule has 2 nitrogen and oxygen atoms in total. The summed E-state index contributed by atoms with van der Waals surface area (Å²) in [6.45, 7) is 4.72. The molecule has 0 N–H and O–H groups in total. The Kier molecular flexibility index (Phi) is 8.20. The average Bonchev–Trinajstić information content (AvgIpc) is 3.53. The Morgan fingerprint density at radius 2 is 0.763 bits per heavy atom. The molecule has 1 heterocycles. The van der Waals surface area contributed by atoms with Crippen molar-refractivity contribution in [1.29, 1.82) is 0 Å². The Morgan fingerprint density at radius 1 is 0.305 bits per heavy atom. The molecular weight excluding hydrogens is 713 g/mol. The van der Waals surface area contributed by atoms with Crippen molar-refractivity contribution in [2.45, 2.75) is 19.3 Å². The van der Waals surface area contributed by atoms with Crippen LogP contribution in [0.25, 0.3) is 100.0 Å². The van der Waals surface area contributed by atoms with E-state index in [-0.39, 0.29) is 5.41 Å². The number of hydrogen-bond donors (Lipinski definition) is 0. The highest BCUT2D eigenvalue weighted by atomic mass is 14.9. The predicted octanol–water partition coefficient (Wildman–Crippen LogP) is 15.1. The predicted molar refractivity (Wildman–Crippen MR) is 247 cm³/mol. The van der Waals surface area contributed by atoms with Gasteiger partial charge in [0.2, 0.25) is 0 Å².